The second-order valence-electron chi connectivity index (χ2n) is 8.39. The van der Waals surface area contributed by atoms with Crippen molar-refractivity contribution in [3.05, 3.63) is 35.9 Å². The Hall–Kier alpha value is -1.90. The summed E-state index contributed by atoms with van der Waals surface area (Å²) in [5.41, 5.74) is 6.68. The van der Waals surface area contributed by atoms with E-state index >= 15 is 0 Å². The van der Waals surface area contributed by atoms with Gasteiger partial charge in [0.2, 0.25) is 11.8 Å². The van der Waals surface area contributed by atoms with Gasteiger partial charge in [-0.05, 0) is 23.8 Å². The molecule has 2 amide bonds. The van der Waals surface area contributed by atoms with Crippen LogP contribution in [0.1, 0.15) is 63.9 Å². The van der Waals surface area contributed by atoms with Crippen molar-refractivity contribution in [3.8, 4) is 0 Å². The minimum absolute atomic E-state index is 0.187. The van der Waals surface area contributed by atoms with Gasteiger partial charge in [0.15, 0.2) is 0 Å². The van der Waals surface area contributed by atoms with Crippen LogP contribution in [0.5, 0.6) is 0 Å². The van der Waals surface area contributed by atoms with Gasteiger partial charge in [0.05, 0.1) is 12.0 Å². The van der Waals surface area contributed by atoms with Crippen LogP contribution < -0.4 is 16.4 Å². The zero-order valence-electron chi connectivity index (χ0n) is 17.4. The maximum atomic E-state index is 12.8. The standard InChI is InChI=1S/C21H34BN3O4/c1-14(2)18(24-20(26)17(23)13-15-9-5-3-6-10-15)21(27)25-19(22(28)29)16-11-7-4-8-12-16/h4,7-8,11-12,14-15,17-19,28-29H,3,5-6,9-10,13,23H2,1-2H3,(H,24,26)(H,25,27)/t17-,18+,19+/m1/s1. The van der Waals surface area contributed by atoms with E-state index in [0.29, 0.717) is 17.9 Å². The van der Waals surface area contributed by atoms with E-state index in [1.54, 1.807) is 30.3 Å². The van der Waals surface area contributed by atoms with Crippen LogP contribution in [0.4, 0.5) is 0 Å². The smallest absolute Gasteiger partial charge is 0.426 e. The molecule has 1 aliphatic carbocycles. The number of hydrogen-bond donors (Lipinski definition) is 5. The number of hydrogen-bond acceptors (Lipinski definition) is 5. The number of benzene rings is 1. The first-order chi connectivity index (χ1) is 13.8. The molecule has 1 saturated carbocycles. The number of rotatable bonds is 9. The molecule has 1 fully saturated rings. The van der Waals surface area contributed by atoms with E-state index in [0.717, 1.165) is 12.8 Å². The van der Waals surface area contributed by atoms with Gasteiger partial charge in [-0.25, -0.2) is 0 Å². The second-order valence-corrected chi connectivity index (χ2v) is 8.39. The molecule has 8 heteroatoms. The molecule has 3 atom stereocenters. The van der Waals surface area contributed by atoms with Gasteiger partial charge >= 0.3 is 7.12 Å². The summed E-state index contributed by atoms with van der Waals surface area (Å²) in [6.07, 6.45) is 6.43. The molecular formula is C21H34BN3O4. The Labute approximate surface area is 173 Å². The highest BCUT2D eigenvalue weighted by atomic mass is 16.4. The van der Waals surface area contributed by atoms with Crippen molar-refractivity contribution in [2.75, 3.05) is 0 Å². The fraction of sp³-hybridized carbons (Fsp3) is 0.619. The van der Waals surface area contributed by atoms with Gasteiger partial charge in [-0.2, -0.15) is 0 Å². The third-order valence-electron chi connectivity index (χ3n) is 5.65. The lowest BCUT2D eigenvalue weighted by molar-refractivity contribution is -0.131. The van der Waals surface area contributed by atoms with Crippen LogP contribution in [-0.4, -0.2) is 41.1 Å². The van der Waals surface area contributed by atoms with Gasteiger partial charge in [0, 0.05) is 0 Å². The molecule has 0 bridgehead atoms. The molecule has 29 heavy (non-hydrogen) atoms. The summed E-state index contributed by atoms with van der Waals surface area (Å²) in [5, 5.41) is 24.8. The SMILES string of the molecule is CC(C)[C@H](NC(=O)[C@H](N)CC1CCCCC1)C(=O)N[C@H](B(O)O)c1ccccc1. The van der Waals surface area contributed by atoms with Gasteiger partial charge in [-0.3, -0.25) is 9.59 Å². The maximum Gasteiger partial charge on any atom is 0.480 e. The third kappa shape index (κ3) is 7.14. The molecule has 1 aliphatic rings. The van der Waals surface area contributed by atoms with Crippen molar-refractivity contribution in [1.29, 1.82) is 0 Å². The van der Waals surface area contributed by atoms with E-state index < -0.39 is 31.1 Å². The molecule has 0 saturated heterocycles. The minimum Gasteiger partial charge on any atom is -0.426 e. The number of nitrogens with two attached hydrogens (primary N) is 1. The third-order valence-corrected chi connectivity index (χ3v) is 5.65. The van der Waals surface area contributed by atoms with Crippen LogP contribution in [0.25, 0.3) is 0 Å². The summed E-state index contributed by atoms with van der Waals surface area (Å²) in [5.74, 6) is -1.53. The summed E-state index contributed by atoms with van der Waals surface area (Å²) in [6.45, 7) is 3.65. The maximum absolute atomic E-state index is 12.8. The number of carbonyl (C=O) groups excluding carboxylic acids is 2. The average molecular weight is 403 g/mol. The Morgan fingerprint density at radius 1 is 1.07 bits per heavy atom. The largest absolute Gasteiger partial charge is 0.480 e. The fourth-order valence-electron chi connectivity index (χ4n) is 3.92. The van der Waals surface area contributed by atoms with E-state index in [-0.39, 0.29) is 11.8 Å². The first-order valence-corrected chi connectivity index (χ1v) is 10.6. The second kappa shape index (κ2) is 11.3. The molecular weight excluding hydrogens is 369 g/mol. The zero-order chi connectivity index (χ0) is 21.4. The normalized spacial score (nSPS) is 18.0. The summed E-state index contributed by atoms with van der Waals surface area (Å²) in [6, 6.07) is 7.24. The van der Waals surface area contributed by atoms with Crippen molar-refractivity contribution in [2.24, 2.45) is 17.6 Å². The van der Waals surface area contributed by atoms with Crippen LogP contribution in [0.15, 0.2) is 30.3 Å². The molecule has 1 aromatic carbocycles. The summed E-state index contributed by atoms with van der Waals surface area (Å²) < 4.78 is 0. The Balaban J connectivity index is 1.99. The lowest BCUT2D eigenvalue weighted by Gasteiger charge is -2.28. The average Bonchev–Trinajstić information content (AvgIpc) is 2.70. The Bertz CT molecular complexity index is 651. The molecule has 0 unspecified atom stereocenters. The number of carbonyl (C=O) groups is 2. The fourth-order valence-corrected chi connectivity index (χ4v) is 3.92. The molecule has 0 spiro atoms. The van der Waals surface area contributed by atoms with Crippen LogP contribution in [0.2, 0.25) is 0 Å². The minimum atomic E-state index is -1.77. The van der Waals surface area contributed by atoms with Crippen molar-refractivity contribution in [2.45, 2.75) is 70.4 Å². The summed E-state index contributed by atoms with van der Waals surface area (Å²) >= 11 is 0. The Kier molecular flexibility index (Phi) is 9.14. The topological polar surface area (TPSA) is 125 Å². The highest BCUT2D eigenvalue weighted by Gasteiger charge is 2.33. The van der Waals surface area contributed by atoms with Crippen molar-refractivity contribution in [1.82, 2.24) is 10.6 Å². The Morgan fingerprint density at radius 2 is 1.69 bits per heavy atom. The summed E-state index contributed by atoms with van der Waals surface area (Å²) in [4.78, 5) is 25.4. The lowest BCUT2D eigenvalue weighted by Crippen LogP contribution is -2.55. The van der Waals surface area contributed by atoms with Gasteiger partial charge in [-0.15, -0.1) is 0 Å². The molecule has 0 aromatic heterocycles. The van der Waals surface area contributed by atoms with E-state index in [1.165, 1.54) is 19.3 Å². The predicted molar refractivity (Wildman–Crippen MR) is 113 cm³/mol. The first-order valence-electron chi connectivity index (χ1n) is 10.6. The molecule has 0 heterocycles. The van der Waals surface area contributed by atoms with Crippen molar-refractivity contribution >= 4 is 18.9 Å². The Morgan fingerprint density at radius 3 is 2.24 bits per heavy atom. The highest BCUT2D eigenvalue weighted by molar-refractivity contribution is 6.43. The van der Waals surface area contributed by atoms with Crippen LogP contribution in [0, 0.1) is 11.8 Å². The van der Waals surface area contributed by atoms with E-state index in [1.807, 2.05) is 13.8 Å². The van der Waals surface area contributed by atoms with Crippen LogP contribution in [-0.2, 0) is 9.59 Å². The molecule has 160 valence electrons. The predicted octanol–water partition coefficient (Wildman–Crippen LogP) is 1.29. The van der Waals surface area contributed by atoms with E-state index in [4.69, 9.17) is 5.73 Å². The molecule has 7 nitrogen and oxygen atoms in total. The van der Waals surface area contributed by atoms with Crippen LogP contribution in [0.3, 0.4) is 0 Å². The lowest BCUT2D eigenvalue weighted by atomic mass is 9.75. The van der Waals surface area contributed by atoms with Gasteiger partial charge in [-0.1, -0.05) is 76.3 Å². The molecule has 0 aliphatic heterocycles. The molecule has 0 radical (unpaired) electrons. The number of amides is 2. The molecule has 1 aromatic rings. The quantitative estimate of drug-likeness (QED) is 0.398. The van der Waals surface area contributed by atoms with Crippen LogP contribution >= 0.6 is 0 Å². The van der Waals surface area contributed by atoms with Gasteiger partial charge < -0.3 is 26.4 Å². The van der Waals surface area contributed by atoms with Gasteiger partial charge in [0.25, 0.3) is 0 Å². The van der Waals surface area contributed by atoms with Gasteiger partial charge in [0.1, 0.15) is 6.04 Å². The zero-order valence-corrected chi connectivity index (χ0v) is 17.4. The number of nitrogens with one attached hydrogen (secondary N) is 2. The van der Waals surface area contributed by atoms with E-state index in [9.17, 15) is 19.6 Å². The van der Waals surface area contributed by atoms with Crippen molar-refractivity contribution < 1.29 is 19.6 Å². The first kappa shape index (κ1) is 23.4. The summed E-state index contributed by atoms with van der Waals surface area (Å²) in [7, 11) is -1.77. The highest BCUT2D eigenvalue weighted by Crippen LogP contribution is 2.27. The van der Waals surface area contributed by atoms with E-state index in [2.05, 4.69) is 10.6 Å². The monoisotopic (exact) mass is 403 g/mol. The molecule has 2 rings (SSSR count). The molecule has 6 N–H and O–H groups in total. The van der Waals surface area contributed by atoms with Crippen molar-refractivity contribution in [3.63, 3.8) is 0 Å².